The Morgan fingerprint density at radius 3 is 2.59 bits per heavy atom. The lowest BCUT2D eigenvalue weighted by molar-refractivity contribution is 0.186. The van der Waals surface area contributed by atoms with Gasteiger partial charge in [-0.1, -0.05) is 6.07 Å². The van der Waals surface area contributed by atoms with Crippen molar-refractivity contribution in [3.8, 4) is 5.75 Å². The van der Waals surface area contributed by atoms with E-state index in [1.54, 1.807) is 14.2 Å². The maximum atomic E-state index is 5.76. The van der Waals surface area contributed by atoms with Gasteiger partial charge in [0.05, 0.1) is 25.5 Å². The zero-order valence-electron chi connectivity index (χ0n) is 16.5. The fraction of sp³-hybridized carbons (Fsp3) is 0.273. The molecule has 1 aliphatic heterocycles. The number of aromatic nitrogens is 2. The van der Waals surface area contributed by atoms with Gasteiger partial charge >= 0.3 is 0 Å². The molecule has 1 aromatic carbocycles. The predicted molar refractivity (Wildman–Crippen MR) is 117 cm³/mol. The number of hydrogen-bond acceptors (Lipinski definition) is 4. The van der Waals surface area contributed by atoms with E-state index in [9.17, 15) is 0 Å². The number of pyridine rings is 1. The van der Waals surface area contributed by atoms with E-state index in [-0.39, 0.29) is 12.1 Å². The third kappa shape index (κ3) is 3.83. The van der Waals surface area contributed by atoms with Crippen LogP contribution in [0.5, 0.6) is 5.75 Å². The average Bonchev–Trinajstić information content (AvgIpc) is 3.36. The fourth-order valence-corrected chi connectivity index (χ4v) is 4.11. The molecule has 1 N–H and O–H groups in total. The maximum Gasteiger partial charge on any atom is 0.174 e. The first-order valence-electron chi connectivity index (χ1n) is 9.51. The van der Waals surface area contributed by atoms with E-state index >= 15 is 0 Å². The molecule has 2 aromatic heterocycles. The summed E-state index contributed by atoms with van der Waals surface area (Å²) in [5.41, 5.74) is 3.11. The second-order valence-corrected chi connectivity index (χ2v) is 7.20. The summed E-state index contributed by atoms with van der Waals surface area (Å²) < 4.78 is 12.8. The first-order valence-corrected chi connectivity index (χ1v) is 9.92. The Bertz CT molecular complexity index is 958. The summed E-state index contributed by atoms with van der Waals surface area (Å²) in [4.78, 5) is 6.76. The van der Waals surface area contributed by atoms with Crippen molar-refractivity contribution in [3.05, 3.63) is 78.4 Å². The fourth-order valence-electron chi connectivity index (χ4n) is 3.77. The van der Waals surface area contributed by atoms with Crippen LogP contribution in [-0.2, 0) is 11.3 Å². The molecule has 0 spiro atoms. The van der Waals surface area contributed by atoms with Crippen LogP contribution in [0.15, 0.2) is 67.0 Å². The molecule has 1 fully saturated rings. The van der Waals surface area contributed by atoms with Crippen molar-refractivity contribution in [2.75, 3.05) is 25.7 Å². The summed E-state index contributed by atoms with van der Waals surface area (Å²) in [6.07, 6.45) is 3.90. The van der Waals surface area contributed by atoms with Crippen molar-refractivity contribution in [2.24, 2.45) is 0 Å². The Hall–Kier alpha value is -2.90. The number of hydrogen-bond donors (Lipinski definition) is 1. The number of nitrogens with one attached hydrogen (secondary N) is 1. The van der Waals surface area contributed by atoms with Crippen LogP contribution in [0.4, 0.5) is 5.69 Å². The molecule has 2 unspecified atom stereocenters. The highest BCUT2D eigenvalue weighted by Gasteiger charge is 2.41. The summed E-state index contributed by atoms with van der Waals surface area (Å²) >= 11 is 5.76. The van der Waals surface area contributed by atoms with Crippen molar-refractivity contribution in [3.63, 3.8) is 0 Å². The van der Waals surface area contributed by atoms with Crippen molar-refractivity contribution >= 4 is 23.0 Å². The number of nitrogens with zero attached hydrogens (tertiary/aromatic N) is 3. The third-order valence-electron chi connectivity index (χ3n) is 5.15. The van der Waals surface area contributed by atoms with Crippen LogP contribution in [0.2, 0.25) is 0 Å². The minimum Gasteiger partial charge on any atom is -0.497 e. The van der Waals surface area contributed by atoms with Crippen molar-refractivity contribution in [1.82, 2.24) is 14.9 Å². The summed E-state index contributed by atoms with van der Waals surface area (Å²) in [7, 11) is 3.38. The number of ether oxygens (including phenoxy) is 2. The number of methoxy groups -OCH3 is 2. The Morgan fingerprint density at radius 1 is 1.07 bits per heavy atom. The molecule has 0 saturated carbocycles. The van der Waals surface area contributed by atoms with E-state index in [0.29, 0.717) is 11.7 Å². The molecule has 0 bridgehead atoms. The van der Waals surface area contributed by atoms with Gasteiger partial charge in [-0.2, -0.15) is 0 Å². The largest absolute Gasteiger partial charge is 0.497 e. The van der Waals surface area contributed by atoms with E-state index in [1.807, 2.05) is 48.7 Å². The lowest BCUT2D eigenvalue weighted by Gasteiger charge is -2.29. The van der Waals surface area contributed by atoms with E-state index in [1.165, 1.54) is 0 Å². The van der Waals surface area contributed by atoms with Crippen LogP contribution in [0.3, 0.4) is 0 Å². The molecule has 0 radical (unpaired) electrons. The van der Waals surface area contributed by atoms with Gasteiger partial charge in [0.2, 0.25) is 0 Å². The van der Waals surface area contributed by atoms with Crippen molar-refractivity contribution < 1.29 is 9.47 Å². The first-order chi connectivity index (χ1) is 14.2. The molecule has 7 heteroatoms. The summed E-state index contributed by atoms with van der Waals surface area (Å²) in [5, 5.41) is 4.16. The highest BCUT2D eigenvalue weighted by atomic mass is 32.1. The van der Waals surface area contributed by atoms with Gasteiger partial charge in [-0.25, -0.2) is 0 Å². The van der Waals surface area contributed by atoms with Gasteiger partial charge in [-0.3, -0.25) is 4.98 Å². The van der Waals surface area contributed by atoms with Gasteiger partial charge in [0.15, 0.2) is 5.11 Å². The van der Waals surface area contributed by atoms with Gasteiger partial charge < -0.3 is 24.3 Å². The molecule has 2 atom stereocenters. The minimum absolute atomic E-state index is 0.0438. The van der Waals surface area contributed by atoms with Gasteiger partial charge in [0.25, 0.3) is 0 Å². The number of benzene rings is 1. The zero-order valence-corrected chi connectivity index (χ0v) is 17.3. The molecule has 1 saturated heterocycles. The lowest BCUT2D eigenvalue weighted by Crippen LogP contribution is -2.30. The molecule has 6 nitrogen and oxygen atoms in total. The molecular formula is C22H24N4O2S. The van der Waals surface area contributed by atoms with E-state index < -0.39 is 0 Å². The second-order valence-electron chi connectivity index (χ2n) is 6.81. The van der Waals surface area contributed by atoms with Gasteiger partial charge in [0, 0.05) is 37.4 Å². The molecule has 29 heavy (non-hydrogen) atoms. The molecule has 3 aromatic rings. The van der Waals surface area contributed by atoms with Gasteiger partial charge in [-0.05, 0) is 60.7 Å². The predicted octanol–water partition coefficient (Wildman–Crippen LogP) is 3.72. The van der Waals surface area contributed by atoms with Crippen molar-refractivity contribution in [1.29, 1.82) is 0 Å². The first kappa shape index (κ1) is 19.4. The van der Waals surface area contributed by atoms with Crippen LogP contribution in [0.1, 0.15) is 23.5 Å². The van der Waals surface area contributed by atoms with Gasteiger partial charge in [-0.15, -0.1) is 0 Å². The Balaban J connectivity index is 1.78. The lowest BCUT2D eigenvalue weighted by atomic mass is 10.0. The average molecular weight is 409 g/mol. The summed E-state index contributed by atoms with van der Waals surface area (Å²) in [5.74, 6) is 0.813. The third-order valence-corrected chi connectivity index (χ3v) is 5.47. The maximum absolute atomic E-state index is 5.76. The molecule has 3 heterocycles. The normalized spacial score (nSPS) is 18.7. The van der Waals surface area contributed by atoms with Gasteiger partial charge in [0.1, 0.15) is 11.8 Å². The Morgan fingerprint density at radius 2 is 1.90 bits per heavy atom. The summed E-state index contributed by atoms with van der Waals surface area (Å²) in [6, 6.07) is 18.0. The molecule has 0 amide bonds. The van der Waals surface area contributed by atoms with Crippen molar-refractivity contribution in [2.45, 2.75) is 18.6 Å². The van der Waals surface area contributed by atoms with Crippen LogP contribution < -0.4 is 15.0 Å². The smallest absolute Gasteiger partial charge is 0.174 e. The number of anilines is 1. The second kappa shape index (κ2) is 8.63. The highest BCUT2D eigenvalue weighted by Crippen LogP contribution is 2.41. The molecule has 1 aliphatic rings. The molecule has 4 rings (SSSR count). The minimum atomic E-state index is -0.0676. The topological polar surface area (TPSA) is 51.5 Å². The van der Waals surface area contributed by atoms with Crippen LogP contribution >= 0.6 is 12.2 Å². The zero-order chi connectivity index (χ0) is 20.2. The van der Waals surface area contributed by atoms with E-state index in [2.05, 4.69) is 38.1 Å². The monoisotopic (exact) mass is 408 g/mol. The Kier molecular flexibility index (Phi) is 5.78. The summed E-state index contributed by atoms with van der Waals surface area (Å²) in [6.45, 7) is 1.41. The molecule has 0 aliphatic carbocycles. The number of thiocarbonyl (C=S) groups is 1. The van der Waals surface area contributed by atoms with Crippen LogP contribution in [-0.4, -0.2) is 35.5 Å². The quantitative estimate of drug-likeness (QED) is 0.602. The van der Waals surface area contributed by atoms with E-state index in [4.69, 9.17) is 21.7 Å². The van der Waals surface area contributed by atoms with Crippen LogP contribution in [0.25, 0.3) is 0 Å². The standard InChI is InChI=1S/C22H24N4O2S/c1-27-15-14-25-13-5-7-19(25)21-20(18-6-3-4-12-23-18)24-22(29)26(21)16-8-10-17(28-2)11-9-16/h3-13,20-21H,14-15H2,1-2H3,(H,24,29). The van der Waals surface area contributed by atoms with Crippen LogP contribution in [0, 0.1) is 0 Å². The van der Waals surface area contributed by atoms with E-state index in [0.717, 1.165) is 29.4 Å². The highest BCUT2D eigenvalue weighted by molar-refractivity contribution is 7.80. The Labute approximate surface area is 176 Å². The SMILES string of the molecule is COCCn1cccc1C1C(c2ccccn2)NC(=S)N1c1ccc(OC)cc1. The molecular weight excluding hydrogens is 384 g/mol. The number of rotatable bonds is 7. The molecule has 150 valence electrons.